The summed E-state index contributed by atoms with van der Waals surface area (Å²) in [5.41, 5.74) is 2.89. The molecular formula is C15H16N2O3. The van der Waals surface area contributed by atoms with Gasteiger partial charge in [0.15, 0.2) is 5.58 Å². The van der Waals surface area contributed by atoms with Crippen molar-refractivity contribution in [3.05, 3.63) is 52.0 Å². The second kappa shape index (κ2) is 4.68. The Kier molecular flexibility index (Phi) is 2.99. The van der Waals surface area contributed by atoms with E-state index in [0.29, 0.717) is 16.7 Å². The lowest BCUT2D eigenvalue weighted by atomic mass is 10.1. The lowest BCUT2D eigenvalue weighted by molar-refractivity contribution is 0.120. The van der Waals surface area contributed by atoms with Crippen LogP contribution in [0.1, 0.15) is 12.5 Å². The molecule has 104 valence electrons. The Morgan fingerprint density at radius 2 is 2.15 bits per heavy atom. The molecule has 0 aliphatic carbocycles. The summed E-state index contributed by atoms with van der Waals surface area (Å²) in [4.78, 5) is 12.5. The summed E-state index contributed by atoms with van der Waals surface area (Å²) in [6, 6.07) is 5.58. The zero-order chi connectivity index (χ0) is 14.3. The highest BCUT2D eigenvalue weighted by Crippen LogP contribution is 2.20. The molecule has 2 aromatic rings. The quantitative estimate of drug-likeness (QED) is 0.910. The number of nitrogens with zero attached hydrogens (tertiary/aromatic N) is 1. The Balaban J connectivity index is 2.17. The predicted molar refractivity (Wildman–Crippen MR) is 77.2 cm³/mol. The summed E-state index contributed by atoms with van der Waals surface area (Å²) in [6.45, 7) is 3.79. The first kappa shape index (κ1) is 12.7. The topological polar surface area (TPSA) is 56.4 Å². The van der Waals surface area contributed by atoms with Crippen LogP contribution in [0.3, 0.4) is 0 Å². The summed E-state index contributed by atoms with van der Waals surface area (Å²) in [5.74, 6) is 0. The molecular weight excluding hydrogens is 256 g/mol. The van der Waals surface area contributed by atoms with E-state index in [9.17, 15) is 4.79 Å². The van der Waals surface area contributed by atoms with Crippen LogP contribution in [0.5, 0.6) is 0 Å². The monoisotopic (exact) mass is 272 g/mol. The molecule has 5 heteroatoms. The van der Waals surface area contributed by atoms with Crippen LogP contribution in [-0.4, -0.2) is 18.1 Å². The molecule has 1 atom stereocenters. The van der Waals surface area contributed by atoms with Crippen LogP contribution < -0.4 is 10.9 Å². The van der Waals surface area contributed by atoms with Crippen LogP contribution in [-0.2, 0) is 4.74 Å². The average molecular weight is 272 g/mol. The average Bonchev–Trinajstić information content (AvgIpc) is 2.77. The number of dihydropyridines is 1. The van der Waals surface area contributed by atoms with Gasteiger partial charge in [-0.1, -0.05) is 12.1 Å². The second-order valence-corrected chi connectivity index (χ2v) is 4.81. The number of benzene rings is 1. The minimum Gasteiger partial charge on any atom is -0.371 e. The van der Waals surface area contributed by atoms with Gasteiger partial charge in [0.1, 0.15) is 11.9 Å². The van der Waals surface area contributed by atoms with Gasteiger partial charge in [0.25, 0.3) is 5.56 Å². The molecule has 0 amide bonds. The van der Waals surface area contributed by atoms with Crippen molar-refractivity contribution >= 4 is 16.7 Å². The van der Waals surface area contributed by atoms with Crippen molar-refractivity contribution in [2.45, 2.75) is 20.1 Å². The van der Waals surface area contributed by atoms with E-state index in [-0.39, 0.29) is 11.8 Å². The third kappa shape index (κ3) is 1.87. The molecule has 0 saturated heterocycles. The molecule has 0 fully saturated rings. The Hall–Kier alpha value is -2.27. The SMILES string of the molecule is COC1C=CC(n2oc3cccc(C)c3c2=O)=C(C)N1. The van der Waals surface area contributed by atoms with Gasteiger partial charge in [-0.05, 0) is 37.6 Å². The lowest BCUT2D eigenvalue weighted by Crippen LogP contribution is -2.32. The maximum absolute atomic E-state index is 12.5. The molecule has 2 heterocycles. The predicted octanol–water partition coefficient (Wildman–Crippen LogP) is 2.22. The van der Waals surface area contributed by atoms with Gasteiger partial charge in [0.2, 0.25) is 0 Å². The number of rotatable bonds is 2. The third-order valence-corrected chi connectivity index (χ3v) is 3.47. The number of methoxy groups -OCH3 is 1. The summed E-state index contributed by atoms with van der Waals surface area (Å²) < 4.78 is 12.2. The molecule has 0 bridgehead atoms. The van der Waals surface area contributed by atoms with Gasteiger partial charge in [0, 0.05) is 12.8 Å². The molecule has 1 unspecified atom stereocenters. The number of allylic oxidation sites excluding steroid dienone is 3. The molecule has 1 aromatic carbocycles. The van der Waals surface area contributed by atoms with Gasteiger partial charge in [0.05, 0.1) is 5.39 Å². The minimum atomic E-state index is -0.180. The van der Waals surface area contributed by atoms with Gasteiger partial charge in [-0.25, -0.2) is 0 Å². The Labute approximate surface area is 116 Å². The number of nitrogens with one attached hydrogen (secondary N) is 1. The zero-order valence-electron chi connectivity index (χ0n) is 11.6. The smallest absolute Gasteiger partial charge is 0.295 e. The van der Waals surface area contributed by atoms with Crippen molar-refractivity contribution in [3.8, 4) is 0 Å². The van der Waals surface area contributed by atoms with Crippen molar-refractivity contribution in [2.75, 3.05) is 7.11 Å². The zero-order valence-corrected chi connectivity index (χ0v) is 11.6. The van der Waals surface area contributed by atoms with Crippen molar-refractivity contribution in [3.63, 3.8) is 0 Å². The van der Waals surface area contributed by atoms with E-state index in [2.05, 4.69) is 5.32 Å². The lowest BCUT2D eigenvalue weighted by Gasteiger charge is -2.21. The largest absolute Gasteiger partial charge is 0.371 e. The van der Waals surface area contributed by atoms with E-state index in [1.54, 1.807) is 13.2 Å². The summed E-state index contributed by atoms with van der Waals surface area (Å²) in [7, 11) is 1.62. The molecule has 3 rings (SSSR count). The fourth-order valence-electron chi connectivity index (χ4n) is 2.39. The third-order valence-electron chi connectivity index (χ3n) is 3.47. The van der Waals surface area contributed by atoms with Gasteiger partial charge in [-0.15, -0.1) is 4.74 Å². The van der Waals surface area contributed by atoms with E-state index >= 15 is 0 Å². The first-order valence-electron chi connectivity index (χ1n) is 6.42. The van der Waals surface area contributed by atoms with Gasteiger partial charge >= 0.3 is 0 Å². The molecule has 1 aliphatic rings. The number of aromatic nitrogens is 1. The fraction of sp³-hybridized carbons (Fsp3) is 0.267. The standard InChI is InChI=1S/C15H16N2O3/c1-9-5-4-6-12-14(9)15(18)17(20-12)11-7-8-13(19-3)16-10(11)2/h4-8,13,16H,1-3H3. The Morgan fingerprint density at radius 1 is 1.35 bits per heavy atom. The minimum absolute atomic E-state index is 0.144. The number of ether oxygens (including phenoxy) is 1. The highest BCUT2D eigenvalue weighted by atomic mass is 16.5. The second-order valence-electron chi connectivity index (χ2n) is 4.81. The van der Waals surface area contributed by atoms with E-state index in [0.717, 1.165) is 11.3 Å². The first-order chi connectivity index (χ1) is 9.61. The number of hydrogen-bond acceptors (Lipinski definition) is 4. The van der Waals surface area contributed by atoms with E-state index in [1.165, 1.54) is 4.74 Å². The van der Waals surface area contributed by atoms with Gasteiger partial charge in [-0.2, -0.15) is 0 Å². The van der Waals surface area contributed by atoms with Crippen molar-refractivity contribution in [1.29, 1.82) is 0 Å². The summed E-state index contributed by atoms with van der Waals surface area (Å²) in [6.07, 6.45) is 3.49. The van der Waals surface area contributed by atoms with E-state index in [1.807, 2.05) is 38.1 Å². The maximum Gasteiger partial charge on any atom is 0.295 e. The maximum atomic E-state index is 12.5. The van der Waals surface area contributed by atoms with Crippen molar-refractivity contribution in [2.24, 2.45) is 0 Å². The van der Waals surface area contributed by atoms with Crippen LogP contribution in [0.2, 0.25) is 0 Å². The van der Waals surface area contributed by atoms with Crippen LogP contribution >= 0.6 is 0 Å². The number of aryl methyl sites for hydroxylation is 1. The highest BCUT2D eigenvalue weighted by molar-refractivity contribution is 5.81. The Morgan fingerprint density at radius 3 is 2.80 bits per heavy atom. The normalized spacial score (nSPS) is 18.6. The molecule has 1 aromatic heterocycles. The molecule has 0 saturated carbocycles. The van der Waals surface area contributed by atoms with Gasteiger partial charge in [-0.3, -0.25) is 4.79 Å². The van der Waals surface area contributed by atoms with Gasteiger partial charge < -0.3 is 14.6 Å². The van der Waals surface area contributed by atoms with Crippen molar-refractivity contribution in [1.82, 2.24) is 10.1 Å². The Bertz CT molecular complexity index is 780. The van der Waals surface area contributed by atoms with Crippen LogP contribution in [0.4, 0.5) is 0 Å². The van der Waals surface area contributed by atoms with Crippen molar-refractivity contribution < 1.29 is 9.26 Å². The molecule has 1 N–H and O–H groups in total. The molecule has 20 heavy (non-hydrogen) atoms. The number of fused-ring (bicyclic) bond motifs is 1. The van der Waals surface area contributed by atoms with E-state index < -0.39 is 0 Å². The van der Waals surface area contributed by atoms with Crippen LogP contribution in [0.25, 0.3) is 16.7 Å². The first-order valence-corrected chi connectivity index (χ1v) is 6.42. The molecule has 0 radical (unpaired) electrons. The summed E-state index contributed by atoms with van der Waals surface area (Å²) in [5, 5.41) is 3.77. The highest BCUT2D eigenvalue weighted by Gasteiger charge is 2.18. The van der Waals surface area contributed by atoms with Crippen LogP contribution in [0.15, 0.2) is 45.4 Å². The number of hydrogen-bond donors (Lipinski definition) is 1. The molecule has 1 aliphatic heterocycles. The molecule has 0 spiro atoms. The molecule has 5 nitrogen and oxygen atoms in total. The van der Waals surface area contributed by atoms with Crippen LogP contribution in [0, 0.1) is 6.92 Å². The van der Waals surface area contributed by atoms with E-state index in [4.69, 9.17) is 9.26 Å². The summed E-state index contributed by atoms with van der Waals surface area (Å²) >= 11 is 0. The fourth-order valence-corrected chi connectivity index (χ4v) is 2.39.